The average molecular weight is 351 g/mol. The predicted octanol–water partition coefficient (Wildman–Crippen LogP) is 2.35. The third kappa shape index (κ3) is 2.82. The highest BCUT2D eigenvalue weighted by molar-refractivity contribution is 7.90. The van der Waals surface area contributed by atoms with Crippen LogP contribution in [0, 0.1) is 13.1 Å². The lowest BCUT2D eigenvalue weighted by Gasteiger charge is -2.31. The van der Waals surface area contributed by atoms with Gasteiger partial charge in [-0.05, 0) is 0 Å². The normalized spacial score (nSPS) is 13.1. The first-order chi connectivity index (χ1) is 9.74. The second kappa shape index (κ2) is 6.02. The number of sulfonamides is 1. The smallest absolute Gasteiger partial charge is 0.512 e. The zero-order chi connectivity index (χ0) is 18.0. The van der Waals surface area contributed by atoms with Crippen LogP contribution in [-0.2, 0) is 10.0 Å². The molecule has 22 heavy (non-hydrogen) atoms. The number of hydrogen-bond acceptors (Lipinski definition) is 3. The van der Waals surface area contributed by atoms with E-state index in [1.165, 1.54) is 0 Å². The number of nitrogens with zero attached hydrogens (tertiary/aromatic N) is 2. The lowest BCUT2D eigenvalue weighted by molar-refractivity contribution is -0.272. The van der Waals surface area contributed by atoms with Gasteiger partial charge >= 0.3 is 22.9 Å². The van der Waals surface area contributed by atoms with Gasteiger partial charge in [0, 0.05) is 6.54 Å². The minimum Gasteiger partial charge on any atom is -0.512 e. The number of nitrogens with one attached hydrogen (secondary N) is 1. The van der Waals surface area contributed by atoms with Gasteiger partial charge in [-0.15, -0.1) is 0 Å². The minimum absolute atomic E-state index is 0.795. The predicted molar refractivity (Wildman–Crippen MR) is 60.3 cm³/mol. The summed E-state index contributed by atoms with van der Waals surface area (Å²) < 4.78 is 103. The Hall–Kier alpha value is -1.99. The van der Waals surface area contributed by atoms with Crippen molar-refractivity contribution in [3.8, 4) is 0 Å². The van der Waals surface area contributed by atoms with Gasteiger partial charge in [0.05, 0.1) is 0 Å². The molecule has 0 aromatic carbocycles. The van der Waals surface area contributed by atoms with Gasteiger partial charge in [0.15, 0.2) is 0 Å². The summed E-state index contributed by atoms with van der Waals surface area (Å²) in [6, 6.07) is 0. The Morgan fingerprint density at radius 3 is 1.86 bits per heavy atom. The Bertz CT molecular complexity index is 643. The molecular formula is C9H7F6N3O3S. The number of rotatable bonds is 6. The van der Waals surface area contributed by atoms with Crippen LogP contribution >= 0.6 is 0 Å². The molecule has 0 unspecified atom stereocenters. The van der Waals surface area contributed by atoms with Crippen molar-refractivity contribution in [2.75, 3.05) is 6.54 Å². The first-order valence-corrected chi connectivity index (χ1v) is 6.54. The minimum atomic E-state index is -6.63. The Morgan fingerprint density at radius 2 is 1.55 bits per heavy atom. The zero-order valence-electron chi connectivity index (χ0n) is 10.5. The Labute approximate surface area is 120 Å². The van der Waals surface area contributed by atoms with Gasteiger partial charge in [0.25, 0.3) is 15.8 Å². The topological polar surface area (TPSA) is 75.1 Å². The summed E-state index contributed by atoms with van der Waals surface area (Å²) in [5, 5.41) is 2.47. The summed E-state index contributed by atoms with van der Waals surface area (Å²) in [6.45, 7) is 12.6. The third-order valence-electron chi connectivity index (χ3n) is 2.15. The number of allylic oxidation sites excluding steroid dienone is 1. The fraction of sp³-hybridized carbons (Fsp3) is 0.556. The largest absolute Gasteiger partial charge is 0.563 e. The van der Waals surface area contributed by atoms with Crippen molar-refractivity contribution in [1.29, 1.82) is 0 Å². The molecule has 6 nitrogen and oxygen atoms in total. The van der Waals surface area contributed by atoms with Gasteiger partial charge in [-0.3, -0.25) is 0 Å². The van der Waals surface area contributed by atoms with Gasteiger partial charge in [-0.25, -0.2) is 13.1 Å². The highest BCUT2D eigenvalue weighted by atomic mass is 32.2. The van der Waals surface area contributed by atoms with E-state index < -0.39 is 45.2 Å². The molecule has 0 radical (unpaired) electrons. The van der Waals surface area contributed by atoms with Crippen molar-refractivity contribution in [2.45, 2.75) is 24.0 Å². The Kier molecular flexibility index (Phi) is 5.47. The molecule has 124 valence electrons. The molecule has 0 atom stereocenters. The van der Waals surface area contributed by atoms with Crippen LogP contribution in [0.3, 0.4) is 0 Å². The van der Waals surface area contributed by atoms with Gasteiger partial charge in [-0.2, -0.15) is 36.0 Å². The molecule has 0 saturated carbocycles. The van der Waals surface area contributed by atoms with Crippen LogP contribution in [0.25, 0.3) is 9.69 Å². The molecule has 0 fully saturated rings. The molecule has 0 amide bonds. The van der Waals surface area contributed by atoms with Crippen molar-refractivity contribution < 1.29 is 39.9 Å². The van der Waals surface area contributed by atoms with E-state index in [0.29, 0.717) is 0 Å². The van der Waals surface area contributed by atoms with Crippen molar-refractivity contribution in [2.24, 2.45) is 0 Å². The van der Waals surface area contributed by atoms with Crippen molar-refractivity contribution >= 4 is 10.0 Å². The van der Waals surface area contributed by atoms with Crippen LogP contribution in [0.4, 0.5) is 26.3 Å². The highest BCUT2D eigenvalue weighted by Gasteiger charge is 2.79. The van der Waals surface area contributed by atoms with Gasteiger partial charge in [0.1, 0.15) is 13.1 Å². The summed E-state index contributed by atoms with van der Waals surface area (Å²) >= 11 is 0. The molecule has 0 aliphatic heterocycles. The molecule has 0 aliphatic rings. The molecule has 0 bridgehead atoms. The van der Waals surface area contributed by atoms with E-state index in [0.717, 1.165) is 11.6 Å². The summed E-state index contributed by atoms with van der Waals surface area (Å²) in [4.78, 5) is 3.94. The van der Waals surface area contributed by atoms with Crippen LogP contribution in [-0.4, -0.2) is 37.2 Å². The molecule has 2 N–H and O–H groups in total. The van der Waals surface area contributed by atoms with Gasteiger partial charge in [0.2, 0.25) is 0 Å². The SMILES string of the molecule is [C-]#[N+]C([N+]#[C-])=C(O)C(F)(F)C(F)(F)C(F)(F)S(=O)(=O)NCC. The molecule has 0 aromatic rings. The number of aliphatic hydroxyl groups is 1. The fourth-order valence-electron chi connectivity index (χ4n) is 1.05. The molecule has 0 heterocycles. The van der Waals surface area contributed by atoms with E-state index in [-0.39, 0.29) is 0 Å². The monoisotopic (exact) mass is 351 g/mol. The quantitative estimate of drug-likeness (QED) is 0.438. The van der Waals surface area contributed by atoms with Crippen LogP contribution in [0.15, 0.2) is 11.6 Å². The highest BCUT2D eigenvalue weighted by Crippen LogP contribution is 2.51. The summed E-state index contributed by atoms with van der Waals surface area (Å²) in [6.07, 6.45) is 0. The standard InChI is InChI=1S/C9H7F6N3O3S/c1-4-18-22(20,21)9(14,15)8(12,13)7(10,11)5(19)6(16-2)17-3/h18-19H,4H2,1H3. The average Bonchev–Trinajstić information content (AvgIpc) is 2.39. The zero-order valence-corrected chi connectivity index (χ0v) is 11.4. The number of aliphatic hydroxyl groups excluding tert-OH is 1. The van der Waals surface area contributed by atoms with Gasteiger partial charge < -0.3 is 5.11 Å². The molecule has 0 aliphatic carbocycles. The van der Waals surface area contributed by atoms with E-state index >= 15 is 0 Å². The Balaban J connectivity index is 6.32. The Morgan fingerprint density at radius 1 is 1.14 bits per heavy atom. The molecule has 0 spiro atoms. The fourth-order valence-corrected chi connectivity index (χ4v) is 2.08. The molecular weight excluding hydrogens is 344 g/mol. The second-order valence-corrected chi connectivity index (χ2v) is 5.37. The van der Waals surface area contributed by atoms with Crippen molar-refractivity contribution in [1.82, 2.24) is 4.72 Å². The number of halogens is 6. The first-order valence-electron chi connectivity index (χ1n) is 5.05. The van der Waals surface area contributed by atoms with Crippen molar-refractivity contribution in [3.63, 3.8) is 0 Å². The van der Waals surface area contributed by atoms with E-state index in [1.807, 2.05) is 9.69 Å². The molecule has 0 rings (SSSR count). The maximum absolute atomic E-state index is 13.4. The molecule has 0 saturated heterocycles. The summed E-state index contributed by atoms with van der Waals surface area (Å²) in [5.74, 6) is -17.8. The maximum atomic E-state index is 13.4. The lowest BCUT2D eigenvalue weighted by Crippen LogP contribution is -2.61. The summed E-state index contributed by atoms with van der Waals surface area (Å²) in [5.41, 5.74) is 0. The van der Waals surface area contributed by atoms with Crippen LogP contribution in [0.2, 0.25) is 0 Å². The van der Waals surface area contributed by atoms with E-state index in [2.05, 4.69) is 0 Å². The van der Waals surface area contributed by atoms with E-state index in [4.69, 9.17) is 18.3 Å². The van der Waals surface area contributed by atoms with Crippen LogP contribution in [0.1, 0.15) is 6.92 Å². The number of alkyl halides is 6. The van der Waals surface area contributed by atoms with Crippen LogP contribution < -0.4 is 4.72 Å². The van der Waals surface area contributed by atoms with E-state index in [9.17, 15) is 34.8 Å². The summed E-state index contributed by atoms with van der Waals surface area (Å²) in [7, 11) is -6.23. The van der Waals surface area contributed by atoms with Crippen molar-refractivity contribution in [3.05, 3.63) is 34.4 Å². The first kappa shape index (κ1) is 20.0. The number of hydrogen-bond donors (Lipinski definition) is 2. The third-order valence-corrected chi connectivity index (χ3v) is 3.75. The molecule has 0 aromatic heterocycles. The molecule has 13 heteroatoms. The van der Waals surface area contributed by atoms with E-state index in [1.54, 1.807) is 0 Å². The van der Waals surface area contributed by atoms with Crippen LogP contribution in [0.5, 0.6) is 0 Å². The maximum Gasteiger partial charge on any atom is 0.563 e. The van der Waals surface area contributed by atoms with Gasteiger partial charge in [-0.1, -0.05) is 6.92 Å². The second-order valence-electron chi connectivity index (χ2n) is 3.56. The lowest BCUT2D eigenvalue weighted by atomic mass is 10.1.